The van der Waals surface area contributed by atoms with Gasteiger partial charge in [0.15, 0.2) is 5.96 Å². The zero-order chi connectivity index (χ0) is 18.8. The molecule has 0 aliphatic heterocycles. The van der Waals surface area contributed by atoms with Crippen LogP contribution in [-0.2, 0) is 11.3 Å². The van der Waals surface area contributed by atoms with Crippen molar-refractivity contribution in [1.29, 1.82) is 0 Å². The first-order chi connectivity index (χ1) is 12.6. The molecule has 1 unspecified atom stereocenters. The largest absolute Gasteiger partial charge is 0.496 e. The molecule has 0 aliphatic rings. The lowest BCUT2D eigenvalue weighted by Crippen LogP contribution is -2.24. The number of hydrogen-bond donors (Lipinski definition) is 2. The second kappa shape index (κ2) is 12.9. The van der Waals surface area contributed by atoms with Crippen LogP contribution in [0.3, 0.4) is 0 Å². The Kier molecular flexibility index (Phi) is 11.2. The zero-order valence-corrected chi connectivity index (χ0v) is 19.1. The van der Waals surface area contributed by atoms with Crippen LogP contribution in [0.1, 0.15) is 12.5 Å². The Balaban J connectivity index is 0.00000364. The molecule has 2 rings (SSSR count). The quantitative estimate of drug-likeness (QED) is 0.227. The van der Waals surface area contributed by atoms with Gasteiger partial charge >= 0.3 is 0 Å². The Labute approximate surface area is 183 Å². The molecular weight excluding hydrogens is 473 g/mol. The van der Waals surface area contributed by atoms with E-state index in [4.69, 9.17) is 15.2 Å². The first-order valence-electron chi connectivity index (χ1n) is 8.53. The molecule has 0 amide bonds. The number of benzene rings is 2. The number of ether oxygens (including phenoxy) is 2. The van der Waals surface area contributed by atoms with Crippen LogP contribution in [0.5, 0.6) is 5.75 Å². The van der Waals surface area contributed by atoms with Crippen LogP contribution in [0.4, 0.5) is 5.69 Å². The first kappa shape index (κ1) is 23.6. The highest BCUT2D eigenvalue weighted by molar-refractivity contribution is 14.0. The number of anilines is 1. The maximum Gasteiger partial charge on any atom is 0.193 e. The Hall–Kier alpha value is -1.45. The van der Waals surface area contributed by atoms with Gasteiger partial charge in [0.25, 0.3) is 0 Å². The third-order valence-corrected chi connectivity index (χ3v) is 5.13. The minimum Gasteiger partial charge on any atom is -0.496 e. The molecule has 0 radical (unpaired) electrons. The zero-order valence-electron chi connectivity index (χ0n) is 16.0. The molecule has 5 nitrogen and oxygen atoms in total. The van der Waals surface area contributed by atoms with E-state index in [1.807, 2.05) is 42.5 Å². The van der Waals surface area contributed by atoms with Gasteiger partial charge < -0.3 is 20.5 Å². The van der Waals surface area contributed by atoms with Crippen molar-refractivity contribution in [2.24, 2.45) is 16.6 Å². The molecule has 2 aromatic rings. The molecule has 27 heavy (non-hydrogen) atoms. The standard InChI is InChI=1S/C20H27N3O2S.HI/c1-15(14-26-19-11-7-6-10-18(19)25-3)12-22-20(21)23-17-9-5-4-8-16(17)13-24-2;/h4-11,15H,12-14H2,1-3H3,(H3,21,22,23);1H. The van der Waals surface area contributed by atoms with E-state index in [0.717, 1.165) is 27.6 Å². The van der Waals surface area contributed by atoms with Gasteiger partial charge in [-0.3, -0.25) is 4.99 Å². The lowest BCUT2D eigenvalue weighted by Gasteiger charge is -2.13. The first-order valence-corrected chi connectivity index (χ1v) is 9.52. The van der Waals surface area contributed by atoms with Crippen molar-refractivity contribution in [2.45, 2.75) is 18.4 Å². The van der Waals surface area contributed by atoms with Crippen molar-refractivity contribution >= 4 is 47.4 Å². The second-order valence-electron chi connectivity index (χ2n) is 6.01. The number of halogens is 1. The van der Waals surface area contributed by atoms with Gasteiger partial charge in [-0.1, -0.05) is 37.3 Å². The summed E-state index contributed by atoms with van der Waals surface area (Å²) in [6, 6.07) is 16.0. The van der Waals surface area contributed by atoms with Crippen LogP contribution in [0.15, 0.2) is 58.4 Å². The van der Waals surface area contributed by atoms with Crippen molar-refractivity contribution < 1.29 is 9.47 Å². The number of nitrogens with one attached hydrogen (secondary N) is 1. The van der Waals surface area contributed by atoms with Crippen molar-refractivity contribution in [1.82, 2.24) is 0 Å². The van der Waals surface area contributed by atoms with Gasteiger partial charge in [-0.2, -0.15) is 0 Å². The smallest absolute Gasteiger partial charge is 0.193 e. The molecule has 148 valence electrons. The lowest BCUT2D eigenvalue weighted by atomic mass is 10.2. The van der Waals surface area contributed by atoms with Gasteiger partial charge in [-0.15, -0.1) is 35.7 Å². The fourth-order valence-corrected chi connectivity index (χ4v) is 3.42. The van der Waals surface area contributed by atoms with E-state index < -0.39 is 0 Å². The summed E-state index contributed by atoms with van der Waals surface area (Å²) in [4.78, 5) is 5.62. The molecule has 2 aromatic carbocycles. The van der Waals surface area contributed by atoms with E-state index >= 15 is 0 Å². The van der Waals surface area contributed by atoms with Crippen LogP contribution in [0, 0.1) is 5.92 Å². The molecule has 0 bridgehead atoms. The topological polar surface area (TPSA) is 68.9 Å². The summed E-state index contributed by atoms with van der Waals surface area (Å²) in [7, 11) is 3.37. The van der Waals surface area contributed by atoms with Gasteiger partial charge in [0.1, 0.15) is 5.75 Å². The molecule has 0 saturated heterocycles. The fourth-order valence-electron chi connectivity index (χ4n) is 2.38. The van der Waals surface area contributed by atoms with Gasteiger partial charge in [0, 0.05) is 35.6 Å². The van der Waals surface area contributed by atoms with E-state index in [0.29, 0.717) is 25.0 Å². The van der Waals surface area contributed by atoms with Crippen molar-refractivity contribution in [3.8, 4) is 5.75 Å². The number of rotatable bonds is 9. The minimum atomic E-state index is 0. The Bertz CT molecular complexity index is 728. The predicted molar refractivity (Wildman–Crippen MR) is 126 cm³/mol. The second-order valence-corrected chi connectivity index (χ2v) is 7.07. The Morgan fingerprint density at radius 1 is 1.15 bits per heavy atom. The SMILES string of the molecule is COCc1ccccc1NC(N)=NCC(C)CSc1ccccc1OC.I. The van der Waals surface area contributed by atoms with Crippen molar-refractivity contribution in [3.63, 3.8) is 0 Å². The number of aliphatic imine (C=N–C) groups is 1. The molecule has 0 fully saturated rings. The highest BCUT2D eigenvalue weighted by atomic mass is 127. The molecule has 0 heterocycles. The fraction of sp³-hybridized carbons (Fsp3) is 0.350. The third kappa shape index (κ3) is 7.98. The number of guanidine groups is 1. The maximum absolute atomic E-state index is 6.04. The number of thioether (sulfide) groups is 1. The molecular formula is C20H28IN3O2S. The average molecular weight is 501 g/mol. The molecule has 3 N–H and O–H groups in total. The van der Waals surface area contributed by atoms with Crippen molar-refractivity contribution in [3.05, 3.63) is 54.1 Å². The van der Waals surface area contributed by atoms with E-state index in [-0.39, 0.29) is 24.0 Å². The van der Waals surface area contributed by atoms with Gasteiger partial charge in [0.2, 0.25) is 0 Å². The summed E-state index contributed by atoms with van der Waals surface area (Å²) in [6.07, 6.45) is 0. The molecule has 0 aromatic heterocycles. The van der Waals surface area contributed by atoms with Gasteiger partial charge in [0.05, 0.1) is 13.7 Å². The summed E-state index contributed by atoms with van der Waals surface area (Å²) in [5.74, 6) is 2.66. The normalized spacial score (nSPS) is 12.2. The predicted octanol–water partition coefficient (Wildman–Crippen LogP) is 4.61. The molecule has 0 aliphatic carbocycles. The van der Waals surface area contributed by atoms with Gasteiger partial charge in [-0.05, 0) is 24.1 Å². The van der Waals surface area contributed by atoms with E-state index in [1.54, 1.807) is 26.0 Å². The Morgan fingerprint density at radius 3 is 2.59 bits per heavy atom. The summed E-state index contributed by atoms with van der Waals surface area (Å²) >= 11 is 1.77. The van der Waals surface area contributed by atoms with E-state index in [9.17, 15) is 0 Å². The summed E-state index contributed by atoms with van der Waals surface area (Å²) in [6.45, 7) is 3.36. The highest BCUT2D eigenvalue weighted by Crippen LogP contribution is 2.30. The number of nitrogens with two attached hydrogens (primary N) is 1. The lowest BCUT2D eigenvalue weighted by molar-refractivity contribution is 0.185. The van der Waals surface area contributed by atoms with Crippen molar-refractivity contribution in [2.75, 3.05) is 31.8 Å². The number of para-hydroxylation sites is 2. The van der Waals surface area contributed by atoms with Crippen LogP contribution in [-0.4, -0.2) is 32.5 Å². The van der Waals surface area contributed by atoms with E-state index in [1.165, 1.54) is 0 Å². The number of methoxy groups -OCH3 is 2. The van der Waals surface area contributed by atoms with Crippen LogP contribution in [0.25, 0.3) is 0 Å². The van der Waals surface area contributed by atoms with Crippen LogP contribution < -0.4 is 15.8 Å². The average Bonchev–Trinajstić information content (AvgIpc) is 2.66. The van der Waals surface area contributed by atoms with E-state index in [2.05, 4.69) is 23.3 Å². The minimum absolute atomic E-state index is 0. The maximum atomic E-state index is 6.04. The molecule has 7 heteroatoms. The summed E-state index contributed by atoms with van der Waals surface area (Å²) in [5, 5.41) is 3.16. The molecule has 0 saturated carbocycles. The summed E-state index contributed by atoms with van der Waals surface area (Å²) < 4.78 is 10.6. The van der Waals surface area contributed by atoms with Crippen LogP contribution in [0.2, 0.25) is 0 Å². The number of hydrogen-bond acceptors (Lipinski definition) is 4. The highest BCUT2D eigenvalue weighted by Gasteiger charge is 2.07. The third-order valence-electron chi connectivity index (χ3n) is 3.75. The van der Waals surface area contributed by atoms with Gasteiger partial charge in [-0.25, -0.2) is 0 Å². The summed E-state index contributed by atoms with van der Waals surface area (Å²) in [5.41, 5.74) is 8.02. The Morgan fingerprint density at radius 2 is 1.85 bits per heavy atom. The molecule has 0 spiro atoms. The monoisotopic (exact) mass is 501 g/mol. The van der Waals surface area contributed by atoms with Crippen LogP contribution >= 0.6 is 35.7 Å². The number of nitrogens with zero attached hydrogens (tertiary/aromatic N) is 1. The molecule has 1 atom stereocenters.